The van der Waals surface area contributed by atoms with Crippen LogP contribution in [-0.2, 0) is 4.74 Å². The summed E-state index contributed by atoms with van der Waals surface area (Å²) in [5.74, 6) is 0.902. The highest BCUT2D eigenvalue weighted by atomic mass is 16.5. The van der Waals surface area contributed by atoms with E-state index in [1.165, 1.54) is 0 Å². The molecule has 0 bridgehead atoms. The molecule has 0 amide bonds. The van der Waals surface area contributed by atoms with Crippen molar-refractivity contribution in [1.29, 1.82) is 0 Å². The Balaban J connectivity index is 1.87. The SMILES string of the molecule is CCOc1ccc(C(N)CN2CCC(OC)C2)cc1. The molecule has 19 heavy (non-hydrogen) atoms. The molecular weight excluding hydrogens is 240 g/mol. The van der Waals surface area contributed by atoms with Crippen LogP contribution in [0.1, 0.15) is 24.9 Å². The zero-order valence-electron chi connectivity index (χ0n) is 11.8. The van der Waals surface area contributed by atoms with Crippen LogP contribution < -0.4 is 10.5 Å². The first-order valence-corrected chi connectivity index (χ1v) is 6.96. The molecule has 0 aromatic heterocycles. The van der Waals surface area contributed by atoms with Gasteiger partial charge in [0.05, 0.1) is 12.7 Å². The van der Waals surface area contributed by atoms with Gasteiger partial charge in [0.1, 0.15) is 5.75 Å². The maximum Gasteiger partial charge on any atom is 0.119 e. The highest BCUT2D eigenvalue weighted by molar-refractivity contribution is 5.29. The summed E-state index contributed by atoms with van der Waals surface area (Å²) in [4.78, 5) is 2.37. The van der Waals surface area contributed by atoms with Gasteiger partial charge < -0.3 is 15.2 Å². The Hall–Kier alpha value is -1.10. The van der Waals surface area contributed by atoms with E-state index in [2.05, 4.69) is 17.0 Å². The number of rotatable bonds is 6. The molecule has 2 unspecified atom stereocenters. The number of nitrogens with zero attached hydrogens (tertiary/aromatic N) is 1. The van der Waals surface area contributed by atoms with Crippen molar-refractivity contribution in [3.05, 3.63) is 29.8 Å². The number of hydrogen-bond acceptors (Lipinski definition) is 4. The lowest BCUT2D eigenvalue weighted by Crippen LogP contribution is -2.31. The lowest BCUT2D eigenvalue weighted by molar-refractivity contribution is 0.107. The lowest BCUT2D eigenvalue weighted by Gasteiger charge is -2.21. The molecule has 0 aliphatic carbocycles. The largest absolute Gasteiger partial charge is 0.494 e. The Morgan fingerprint density at radius 1 is 1.37 bits per heavy atom. The minimum Gasteiger partial charge on any atom is -0.494 e. The molecule has 1 aromatic rings. The van der Waals surface area contributed by atoms with Crippen molar-refractivity contribution in [2.75, 3.05) is 33.4 Å². The zero-order valence-corrected chi connectivity index (χ0v) is 11.8. The third-order valence-electron chi connectivity index (χ3n) is 3.64. The second kappa shape index (κ2) is 6.89. The topological polar surface area (TPSA) is 47.7 Å². The second-order valence-electron chi connectivity index (χ2n) is 5.01. The molecule has 4 nitrogen and oxygen atoms in total. The summed E-state index contributed by atoms with van der Waals surface area (Å²) in [5, 5.41) is 0. The smallest absolute Gasteiger partial charge is 0.119 e. The molecule has 0 spiro atoms. The summed E-state index contributed by atoms with van der Waals surface area (Å²) in [6.07, 6.45) is 1.47. The average molecular weight is 264 g/mol. The lowest BCUT2D eigenvalue weighted by atomic mass is 10.1. The highest BCUT2D eigenvalue weighted by Crippen LogP contribution is 2.19. The van der Waals surface area contributed by atoms with Gasteiger partial charge in [-0.1, -0.05) is 12.1 Å². The first kappa shape index (κ1) is 14.3. The van der Waals surface area contributed by atoms with Gasteiger partial charge in [-0.15, -0.1) is 0 Å². The van der Waals surface area contributed by atoms with Crippen LogP contribution in [0.5, 0.6) is 5.75 Å². The van der Waals surface area contributed by atoms with Gasteiger partial charge >= 0.3 is 0 Å². The van der Waals surface area contributed by atoms with Gasteiger partial charge in [-0.3, -0.25) is 4.90 Å². The first-order chi connectivity index (χ1) is 9.22. The number of methoxy groups -OCH3 is 1. The predicted molar refractivity (Wildman–Crippen MR) is 76.4 cm³/mol. The standard InChI is InChI=1S/C15H24N2O2/c1-3-19-13-6-4-12(5-7-13)15(16)11-17-9-8-14(10-17)18-2/h4-7,14-15H,3,8-11,16H2,1-2H3. The second-order valence-corrected chi connectivity index (χ2v) is 5.01. The molecular formula is C15H24N2O2. The van der Waals surface area contributed by atoms with Crippen LogP contribution in [0, 0.1) is 0 Å². The fraction of sp³-hybridized carbons (Fsp3) is 0.600. The van der Waals surface area contributed by atoms with Crippen LogP contribution in [0.15, 0.2) is 24.3 Å². The molecule has 1 saturated heterocycles. The Kier molecular flexibility index (Phi) is 5.19. The van der Waals surface area contributed by atoms with E-state index in [0.29, 0.717) is 12.7 Å². The van der Waals surface area contributed by atoms with Crippen LogP contribution in [-0.4, -0.2) is 44.4 Å². The van der Waals surface area contributed by atoms with Crippen LogP contribution in [0.2, 0.25) is 0 Å². The van der Waals surface area contributed by atoms with E-state index in [9.17, 15) is 0 Å². The van der Waals surface area contributed by atoms with E-state index in [1.54, 1.807) is 7.11 Å². The fourth-order valence-electron chi connectivity index (χ4n) is 2.52. The quantitative estimate of drug-likeness (QED) is 0.851. The van der Waals surface area contributed by atoms with Crippen molar-refractivity contribution in [3.63, 3.8) is 0 Å². The van der Waals surface area contributed by atoms with E-state index in [0.717, 1.165) is 37.4 Å². The molecule has 4 heteroatoms. The molecule has 1 aliphatic rings. The zero-order chi connectivity index (χ0) is 13.7. The molecule has 1 heterocycles. The normalized spacial score (nSPS) is 21.5. The Morgan fingerprint density at radius 2 is 2.11 bits per heavy atom. The van der Waals surface area contributed by atoms with Crippen LogP contribution in [0.3, 0.4) is 0 Å². The van der Waals surface area contributed by atoms with Crippen LogP contribution in [0.4, 0.5) is 0 Å². The number of nitrogens with two attached hydrogens (primary N) is 1. The molecule has 1 aliphatic heterocycles. The van der Waals surface area contributed by atoms with E-state index in [1.807, 2.05) is 19.1 Å². The van der Waals surface area contributed by atoms with Crippen molar-refractivity contribution in [1.82, 2.24) is 4.90 Å². The molecule has 0 saturated carbocycles. The minimum atomic E-state index is 0.0475. The van der Waals surface area contributed by atoms with E-state index in [4.69, 9.17) is 15.2 Å². The van der Waals surface area contributed by atoms with Crippen molar-refractivity contribution in [3.8, 4) is 5.75 Å². The third-order valence-corrected chi connectivity index (χ3v) is 3.64. The maximum absolute atomic E-state index is 6.26. The monoisotopic (exact) mass is 264 g/mol. The first-order valence-electron chi connectivity index (χ1n) is 6.96. The number of ether oxygens (including phenoxy) is 2. The maximum atomic E-state index is 6.26. The minimum absolute atomic E-state index is 0.0475. The molecule has 2 N–H and O–H groups in total. The molecule has 0 radical (unpaired) electrons. The summed E-state index contributed by atoms with van der Waals surface area (Å²) in [7, 11) is 1.78. The van der Waals surface area contributed by atoms with Gasteiger partial charge in [0.25, 0.3) is 0 Å². The summed E-state index contributed by atoms with van der Waals surface area (Å²) in [6.45, 7) is 5.62. The van der Waals surface area contributed by atoms with Gasteiger partial charge in [0, 0.05) is 32.8 Å². The Morgan fingerprint density at radius 3 is 2.68 bits per heavy atom. The van der Waals surface area contributed by atoms with Gasteiger partial charge in [0.15, 0.2) is 0 Å². The van der Waals surface area contributed by atoms with Crippen molar-refractivity contribution < 1.29 is 9.47 Å². The van der Waals surface area contributed by atoms with Crippen molar-refractivity contribution >= 4 is 0 Å². The van der Waals surface area contributed by atoms with Crippen molar-refractivity contribution in [2.45, 2.75) is 25.5 Å². The number of hydrogen-bond donors (Lipinski definition) is 1. The molecule has 106 valence electrons. The average Bonchev–Trinajstić information content (AvgIpc) is 2.87. The summed E-state index contributed by atoms with van der Waals surface area (Å²) in [6, 6.07) is 8.13. The van der Waals surface area contributed by atoms with Gasteiger partial charge in [-0.25, -0.2) is 0 Å². The van der Waals surface area contributed by atoms with E-state index >= 15 is 0 Å². The van der Waals surface area contributed by atoms with Crippen LogP contribution in [0.25, 0.3) is 0 Å². The Labute approximate surface area is 115 Å². The van der Waals surface area contributed by atoms with Gasteiger partial charge in [0.2, 0.25) is 0 Å². The summed E-state index contributed by atoms with van der Waals surface area (Å²) in [5.41, 5.74) is 7.42. The number of benzene rings is 1. The van der Waals surface area contributed by atoms with Crippen molar-refractivity contribution in [2.24, 2.45) is 5.73 Å². The van der Waals surface area contributed by atoms with Crippen LogP contribution >= 0.6 is 0 Å². The molecule has 2 atom stereocenters. The van der Waals surface area contributed by atoms with Gasteiger partial charge in [-0.05, 0) is 31.0 Å². The predicted octanol–water partition coefficient (Wildman–Crippen LogP) is 1.81. The van der Waals surface area contributed by atoms with E-state index < -0.39 is 0 Å². The summed E-state index contributed by atoms with van der Waals surface area (Å²) >= 11 is 0. The van der Waals surface area contributed by atoms with Gasteiger partial charge in [-0.2, -0.15) is 0 Å². The summed E-state index contributed by atoms with van der Waals surface area (Å²) < 4.78 is 10.8. The number of likely N-dealkylation sites (tertiary alicyclic amines) is 1. The van der Waals surface area contributed by atoms with E-state index in [-0.39, 0.29) is 6.04 Å². The third kappa shape index (κ3) is 3.93. The Bertz CT molecular complexity index is 380. The molecule has 2 rings (SSSR count). The highest BCUT2D eigenvalue weighted by Gasteiger charge is 2.23. The fourth-order valence-corrected chi connectivity index (χ4v) is 2.52. The molecule has 1 fully saturated rings. The molecule has 1 aromatic carbocycles.